The molecule has 3 aromatic rings. The summed E-state index contributed by atoms with van der Waals surface area (Å²) in [4.78, 5) is 19.2. The van der Waals surface area contributed by atoms with Crippen molar-refractivity contribution in [1.29, 1.82) is 0 Å². The fraction of sp³-hybridized carbons (Fsp3) is 0.438. The van der Waals surface area contributed by atoms with E-state index < -0.39 is 0 Å². The number of benzene rings is 1. The maximum absolute atomic E-state index is 12.5. The van der Waals surface area contributed by atoms with E-state index in [9.17, 15) is 4.79 Å². The van der Waals surface area contributed by atoms with E-state index in [0.29, 0.717) is 18.2 Å². The predicted octanol–water partition coefficient (Wildman–Crippen LogP) is 1.73. The van der Waals surface area contributed by atoms with E-state index in [2.05, 4.69) is 21.9 Å². The molecule has 1 aliphatic heterocycles. The smallest absolute Gasteiger partial charge is 0.284 e. The molecule has 1 saturated heterocycles. The Labute approximate surface area is 128 Å². The SMILES string of the molecule is C[C@@H]1CCCN(Cn2nc3c4ccccc4ncn3c2=O)C1. The molecule has 0 spiro atoms. The van der Waals surface area contributed by atoms with Gasteiger partial charge in [-0.2, -0.15) is 4.68 Å². The monoisotopic (exact) mass is 297 g/mol. The first kappa shape index (κ1) is 13.5. The lowest BCUT2D eigenvalue weighted by atomic mass is 10.0. The molecule has 0 N–H and O–H groups in total. The zero-order chi connectivity index (χ0) is 15.1. The quantitative estimate of drug-likeness (QED) is 0.723. The summed E-state index contributed by atoms with van der Waals surface area (Å²) in [6.45, 7) is 4.87. The van der Waals surface area contributed by atoms with Crippen LogP contribution in [-0.2, 0) is 6.67 Å². The molecular weight excluding hydrogens is 278 g/mol. The van der Waals surface area contributed by atoms with Gasteiger partial charge in [-0.3, -0.25) is 4.90 Å². The van der Waals surface area contributed by atoms with Crippen LogP contribution in [-0.4, -0.2) is 37.2 Å². The van der Waals surface area contributed by atoms with Gasteiger partial charge in [0, 0.05) is 11.9 Å². The Hall–Kier alpha value is -2.21. The van der Waals surface area contributed by atoms with Crippen molar-refractivity contribution in [3.8, 4) is 0 Å². The summed E-state index contributed by atoms with van der Waals surface area (Å²) in [6, 6.07) is 7.78. The van der Waals surface area contributed by atoms with Crippen LogP contribution in [0.2, 0.25) is 0 Å². The van der Waals surface area contributed by atoms with Gasteiger partial charge in [-0.05, 0) is 37.4 Å². The molecule has 0 unspecified atom stereocenters. The standard InChI is InChI=1S/C16H19N5O/c1-12-5-4-8-19(9-12)11-21-16(22)20-10-17-14-7-3-2-6-13(14)15(20)18-21/h2-3,6-7,10,12H,4-5,8-9,11H2,1H3/t12-/m1/s1. The zero-order valence-corrected chi connectivity index (χ0v) is 12.6. The third-order valence-corrected chi connectivity index (χ3v) is 4.40. The maximum atomic E-state index is 12.5. The summed E-state index contributed by atoms with van der Waals surface area (Å²) in [5.74, 6) is 0.684. The second-order valence-electron chi connectivity index (χ2n) is 6.20. The van der Waals surface area contributed by atoms with Crippen molar-refractivity contribution in [3.63, 3.8) is 0 Å². The van der Waals surface area contributed by atoms with Crippen LogP contribution < -0.4 is 5.69 Å². The molecule has 6 nitrogen and oxygen atoms in total. The first-order valence-corrected chi connectivity index (χ1v) is 7.77. The zero-order valence-electron chi connectivity index (χ0n) is 12.6. The van der Waals surface area contributed by atoms with E-state index in [1.807, 2.05) is 24.3 Å². The molecule has 0 saturated carbocycles. The number of rotatable bonds is 2. The Morgan fingerprint density at radius 2 is 2.18 bits per heavy atom. The Morgan fingerprint density at radius 1 is 1.32 bits per heavy atom. The van der Waals surface area contributed by atoms with E-state index >= 15 is 0 Å². The molecule has 0 aliphatic carbocycles. The minimum atomic E-state index is -0.119. The Balaban J connectivity index is 1.77. The number of likely N-dealkylation sites (tertiary alicyclic amines) is 1. The Bertz CT molecular complexity index is 881. The lowest BCUT2D eigenvalue weighted by Crippen LogP contribution is -2.38. The number of fused-ring (bicyclic) bond motifs is 3. The minimum absolute atomic E-state index is 0.119. The predicted molar refractivity (Wildman–Crippen MR) is 84.7 cm³/mol. The summed E-state index contributed by atoms with van der Waals surface area (Å²) in [5, 5.41) is 5.46. The van der Waals surface area contributed by atoms with Crippen molar-refractivity contribution in [2.45, 2.75) is 26.4 Å². The van der Waals surface area contributed by atoms with E-state index in [0.717, 1.165) is 24.0 Å². The summed E-state index contributed by atoms with van der Waals surface area (Å²) in [6.07, 6.45) is 4.03. The number of aromatic nitrogens is 4. The lowest BCUT2D eigenvalue weighted by molar-refractivity contribution is 0.137. The molecule has 0 amide bonds. The number of nitrogens with zero attached hydrogens (tertiary/aromatic N) is 5. The third kappa shape index (κ3) is 2.20. The van der Waals surface area contributed by atoms with Gasteiger partial charge in [0.15, 0.2) is 5.65 Å². The van der Waals surface area contributed by atoms with Gasteiger partial charge in [0.1, 0.15) is 6.33 Å². The highest BCUT2D eigenvalue weighted by molar-refractivity contribution is 5.90. The average molecular weight is 297 g/mol. The van der Waals surface area contributed by atoms with Crippen molar-refractivity contribution in [2.24, 2.45) is 5.92 Å². The summed E-state index contributed by atoms with van der Waals surface area (Å²) >= 11 is 0. The molecule has 1 fully saturated rings. The molecule has 1 atom stereocenters. The van der Waals surface area contributed by atoms with Crippen LogP contribution >= 0.6 is 0 Å². The third-order valence-electron chi connectivity index (χ3n) is 4.40. The van der Waals surface area contributed by atoms with Crippen molar-refractivity contribution >= 4 is 16.6 Å². The van der Waals surface area contributed by atoms with Gasteiger partial charge >= 0.3 is 5.69 Å². The molecule has 1 aromatic carbocycles. The molecular formula is C16H19N5O. The van der Waals surface area contributed by atoms with Crippen LogP contribution in [0.5, 0.6) is 0 Å². The Morgan fingerprint density at radius 3 is 3.05 bits per heavy atom. The van der Waals surface area contributed by atoms with Gasteiger partial charge in [-0.25, -0.2) is 14.2 Å². The van der Waals surface area contributed by atoms with Crippen LogP contribution in [0.3, 0.4) is 0 Å². The molecule has 6 heteroatoms. The normalized spacial score (nSPS) is 20.0. The lowest BCUT2D eigenvalue weighted by Gasteiger charge is -2.30. The van der Waals surface area contributed by atoms with Crippen LogP contribution in [0.1, 0.15) is 19.8 Å². The van der Waals surface area contributed by atoms with Gasteiger partial charge in [-0.1, -0.05) is 19.1 Å². The molecule has 0 radical (unpaired) electrons. The highest BCUT2D eigenvalue weighted by atomic mass is 16.2. The summed E-state index contributed by atoms with van der Waals surface area (Å²) in [7, 11) is 0. The molecule has 4 rings (SSSR count). The number of hydrogen-bond acceptors (Lipinski definition) is 4. The molecule has 2 aromatic heterocycles. The number of para-hydroxylation sites is 1. The van der Waals surface area contributed by atoms with Crippen molar-refractivity contribution < 1.29 is 0 Å². The molecule has 22 heavy (non-hydrogen) atoms. The van der Waals surface area contributed by atoms with Crippen LogP contribution in [0.4, 0.5) is 0 Å². The van der Waals surface area contributed by atoms with E-state index in [4.69, 9.17) is 0 Å². The van der Waals surface area contributed by atoms with Crippen molar-refractivity contribution in [1.82, 2.24) is 24.1 Å². The first-order valence-electron chi connectivity index (χ1n) is 7.77. The average Bonchev–Trinajstić information content (AvgIpc) is 2.84. The minimum Gasteiger partial charge on any atom is -0.284 e. The van der Waals surface area contributed by atoms with Crippen LogP contribution in [0, 0.1) is 5.92 Å². The van der Waals surface area contributed by atoms with Crippen LogP contribution in [0.25, 0.3) is 16.6 Å². The van der Waals surface area contributed by atoms with Gasteiger partial charge in [-0.15, -0.1) is 5.10 Å². The van der Waals surface area contributed by atoms with E-state index in [1.54, 1.807) is 11.0 Å². The number of piperidine rings is 1. The molecule has 1 aliphatic rings. The van der Waals surface area contributed by atoms with Crippen molar-refractivity contribution in [3.05, 3.63) is 41.1 Å². The maximum Gasteiger partial charge on any atom is 0.352 e. The van der Waals surface area contributed by atoms with Crippen LogP contribution in [0.15, 0.2) is 35.4 Å². The number of hydrogen-bond donors (Lipinski definition) is 0. The molecule has 0 bridgehead atoms. The van der Waals surface area contributed by atoms with Gasteiger partial charge < -0.3 is 0 Å². The van der Waals surface area contributed by atoms with Crippen molar-refractivity contribution in [2.75, 3.05) is 13.1 Å². The second kappa shape index (κ2) is 5.21. The first-order chi connectivity index (χ1) is 10.7. The fourth-order valence-electron chi connectivity index (χ4n) is 3.30. The van der Waals surface area contributed by atoms with Gasteiger partial charge in [0.25, 0.3) is 0 Å². The van der Waals surface area contributed by atoms with E-state index in [1.165, 1.54) is 17.2 Å². The highest BCUT2D eigenvalue weighted by Gasteiger charge is 2.18. The van der Waals surface area contributed by atoms with Gasteiger partial charge in [0.2, 0.25) is 0 Å². The highest BCUT2D eigenvalue weighted by Crippen LogP contribution is 2.17. The Kier molecular flexibility index (Phi) is 3.18. The topological polar surface area (TPSA) is 55.4 Å². The molecule has 114 valence electrons. The molecule has 3 heterocycles. The van der Waals surface area contributed by atoms with E-state index in [-0.39, 0.29) is 5.69 Å². The largest absolute Gasteiger partial charge is 0.352 e. The summed E-state index contributed by atoms with van der Waals surface area (Å²) in [5.41, 5.74) is 1.42. The summed E-state index contributed by atoms with van der Waals surface area (Å²) < 4.78 is 3.09. The second-order valence-corrected chi connectivity index (χ2v) is 6.20. The van der Waals surface area contributed by atoms with Gasteiger partial charge in [0.05, 0.1) is 12.2 Å². The fourth-order valence-corrected chi connectivity index (χ4v) is 3.30.